The number of amides is 1. The van der Waals surface area contributed by atoms with Crippen LogP contribution >= 0.6 is 0 Å². The van der Waals surface area contributed by atoms with Gasteiger partial charge in [0.25, 0.3) is 0 Å². The largest absolute Gasteiger partial charge is 0.348 e. The maximum absolute atomic E-state index is 12.9. The summed E-state index contributed by atoms with van der Waals surface area (Å²) in [4.78, 5) is 14.2. The average molecular weight is 294 g/mol. The van der Waals surface area contributed by atoms with Gasteiger partial charge in [0, 0.05) is 6.04 Å². The molecule has 0 heterocycles. The molecule has 0 saturated carbocycles. The maximum Gasteiger partial charge on any atom is 0.234 e. The number of halogens is 1. The second-order valence-electron chi connectivity index (χ2n) is 6.80. The number of likely N-dealkylation sites (N-methyl/N-ethyl adjacent to an activating group) is 1. The van der Waals surface area contributed by atoms with Crippen LogP contribution in [0.5, 0.6) is 0 Å². The minimum atomic E-state index is -0.268. The molecule has 0 fully saturated rings. The van der Waals surface area contributed by atoms with E-state index >= 15 is 0 Å². The first-order chi connectivity index (χ1) is 9.61. The Balaban J connectivity index is 2.55. The molecule has 1 aromatic carbocycles. The van der Waals surface area contributed by atoms with Gasteiger partial charge in [0.2, 0.25) is 5.91 Å². The predicted octanol–water partition coefficient (Wildman–Crippen LogP) is 3.37. The van der Waals surface area contributed by atoms with Crippen LogP contribution in [0.15, 0.2) is 24.3 Å². The van der Waals surface area contributed by atoms with Crippen LogP contribution in [0.1, 0.15) is 46.2 Å². The highest BCUT2D eigenvalue weighted by molar-refractivity contribution is 5.78. The second-order valence-corrected chi connectivity index (χ2v) is 6.80. The highest BCUT2D eigenvalue weighted by Gasteiger charge is 2.25. The maximum atomic E-state index is 12.9. The molecular weight excluding hydrogens is 267 g/mol. The van der Waals surface area contributed by atoms with Crippen molar-refractivity contribution < 1.29 is 9.18 Å². The SMILES string of the molecule is CC(NC(=O)CN(C)C(C)C(C)(C)C)c1ccc(F)cc1. The fourth-order valence-electron chi connectivity index (χ4n) is 2.15. The fraction of sp³-hybridized carbons (Fsp3) is 0.588. The number of nitrogens with zero attached hydrogens (tertiary/aromatic N) is 1. The van der Waals surface area contributed by atoms with Crippen LogP contribution in [-0.2, 0) is 4.79 Å². The van der Waals surface area contributed by atoms with Crippen molar-refractivity contribution >= 4 is 5.91 Å². The van der Waals surface area contributed by atoms with Crippen LogP contribution in [0, 0.1) is 11.2 Å². The Labute approximate surface area is 127 Å². The van der Waals surface area contributed by atoms with E-state index in [2.05, 4.69) is 33.0 Å². The van der Waals surface area contributed by atoms with Gasteiger partial charge in [-0.2, -0.15) is 0 Å². The van der Waals surface area contributed by atoms with Crippen molar-refractivity contribution in [3.05, 3.63) is 35.6 Å². The lowest BCUT2D eigenvalue weighted by molar-refractivity contribution is -0.123. The normalized spacial score (nSPS) is 14.9. The number of nitrogens with one attached hydrogen (secondary N) is 1. The molecule has 0 aromatic heterocycles. The lowest BCUT2D eigenvalue weighted by atomic mass is 9.87. The van der Waals surface area contributed by atoms with Crippen molar-refractivity contribution in [2.24, 2.45) is 5.41 Å². The summed E-state index contributed by atoms with van der Waals surface area (Å²) in [5, 5.41) is 2.95. The zero-order valence-electron chi connectivity index (χ0n) is 13.9. The minimum Gasteiger partial charge on any atom is -0.348 e. The molecule has 0 radical (unpaired) electrons. The Morgan fingerprint density at radius 2 is 1.76 bits per heavy atom. The van der Waals surface area contributed by atoms with Crippen molar-refractivity contribution in [3.63, 3.8) is 0 Å². The third-order valence-corrected chi connectivity index (χ3v) is 4.05. The fourth-order valence-corrected chi connectivity index (χ4v) is 2.15. The highest BCUT2D eigenvalue weighted by Crippen LogP contribution is 2.22. The van der Waals surface area contributed by atoms with Crippen LogP contribution in [0.25, 0.3) is 0 Å². The summed E-state index contributed by atoms with van der Waals surface area (Å²) in [7, 11) is 1.96. The summed E-state index contributed by atoms with van der Waals surface area (Å²) in [6.07, 6.45) is 0. The smallest absolute Gasteiger partial charge is 0.234 e. The van der Waals surface area contributed by atoms with E-state index in [0.717, 1.165) is 5.56 Å². The van der Waals surface area contributed by atoms with Crippen molar-refractivity contribution in [2.75, 3.05) is 13.6 Å². The van der Waals surface area contributed by atoms with Gasteiger partial charge in [-0.25, -0.2) is 4.39 Å². The molecule has 2 unspecified atom stereocenters. The molecule has 1 rings (SSSR count). The van der Waals surface area contributed by atoms with Crippen LogP contribution in [0.3, 0.4) is 0 Å². The summed E-state index contributed by atoms with van der Waals surface area (Å²) in [6, 6.07) is 6.38. The number of hydrogen-bond acceptors (Lipinski definition) is 2. The van der Waals surface area contributed by atoms with Crippen LogP contribution in [-0.4, -0.2) is 30.4 Å². The van der Waals surface area contributed by atoms with E-state index in [1.165, 1.54) is 12.1 Å². The van der Waals surface area contributed by atoms with Gasteiger partial charge in [-0.1, -0.05) is 32.9 Å². The summed E-state index contributed by atoms with van der Waals surface area (Å²) in [5.74, 6) is -0.290. The third kappa shape index (κ3) is 5.46. The lowest BCUT2D eigenvalue weighted by Gasteiger charge is -2.35. The number of rotatable bonds is 5. The van der Waals surface area contributed by atoms with Crippen molar-refractivity contribution in [1.29, 1.82) is 0 Å². The van der Waals surface area contributed by atoms with Gasteiger partial charge in [0.15, 0.2) is 0 Å². The molecule has 3 nitrogen and oxygen atoms in total. The van der Waals surface area contributed by atoms with Gasteiger partial charge in [0.1, 0.15) is 5.82 Å². The standard InChI is InChI=1S/C17H27FN2O/c1-12(14-7-9-15(18)10-8-14)19-16(21)11-20(6)13(2)17(3,4)5/h7-10,12-13H,11H2,1-6H3,(H,19,21). The molecule has 1 amide bonds. The van der Waals surface area contributed by atoms with Crippen molar-refractivity contribution in [2.45, 2.75) is 46.7 Å². The molecule has 1 N–H and O–H groups in total. The monoisotopic (exact) mass is 294 g/mol. The quantitative estimate of drug-likeness (QED) is 0.903. The van der Waals surface area contributed by atoms with Crippen molar-refractivity contribution in [3.8, 4) is 0 Å². The van der Waals surface area contributed by atoms with Gasteiger partial charge in [-0.3, -0.25) is 9.69 Å². The van der Waals surface area contributed by atoms with Gasteiger partial charge >= 0.3 is 0 Å². The zero-order valence-corrected chi connectivity index (χ0v) is 13.9. The van der Waals surface area contributed by atoms with Gasteiger partial charge in [-0.05, 0) is 44.0 Å². The van der Waals surface area contributed by atoms with E-state index in [1.807, 2.05) is 18.9 Å². The minimum absolute atomic E-state index is 0.0228. The molecule has 0 aliphatic carbocycles. The Morgan fingerprint density at radius 3 is 2.24 bits per heavy atom. The first-order valence-corrected chi connectivity index (χ1v) is 7.36. The molecule has 0 aliphatic rings. The molecule has 0 spiro atoms. The number of carbonyl (C=O) groups excluding carboxylic acids is 1. The summed E-state index contributed by atoms with van der Waals surface area (Å²) >= 11 is 0. The molecule has 0 bridgehead atoms. The van der Waals surface area contributed by atoms with Gasteiger partial charge in [0.05, 0.1) is 12.6 Å². The summed E-state index contributed by atoms with van der Waals surface area (Å²) in [5.41, 5.74) is 1.02. The Kier molecular flexibility index (Phi) is 5.90. The molecule has 2 atom stereocenters. The van der Waals surface area contributed by atoms with Gasteiger partial charge < -0.3 is 5.32 Å². The summed E-state index contributed by atoms with van der Waals surface area (Å²) < 4.78 is 12.9. The van der Waals surface area contributed by atoms with E-state index in [4.69, 9.17) is 0 Å². The van der Waals surface area contributed by atoms with Crippen molar-refractivity contribution in [1.82, 2.24) is 10.2 Å². The molecule has 4 heteroatoms. The molecule has 118 valence electrons. The van der Waals surface area contributed by atoms with Crippen LogP contribution in [0.4, 0.5) is 4.39 Å². The topological polar surface area (TPSA) is 32.3 Å². The predicted molar refractivity (Wildman–Crippen MR) is 84.5 cm³/mol. The molecule has 0 saturated heterocycles. The Bertz CT molecular complexity index is 465. The number of hydrogen-bond donors (Lipinski definition) is 1. The lowest BCUT2D eigenvalue weighted by Crippen LogP contribution is -2.45. The average Bonchev–Trinajstić information content (AvgIpc) is 2.37. The Morgan fingerprint density at radius 1 is 1.24 bits per heavy atom. The van der Waals surface area contributed by atoms with E-state index in [0.29, 0.717) is 12.6 Å². The molecular formula is C17H27FN2O. The first kappa shape index (κ1) is 17.6. The summed E-state index contributed by atoms with van der Waals surface area (Å²) in [6.45, 7) is 10.9. The van der Waals surface area contributed by atoms with E-state index in [1.54, 1.807) is 12.1 Å². The molecule has 1 aromatic rings. The van der Waals surface area contributed by atoms with Crippen LogP contribution in [0.2, 0.25) is 0 Å². The molecule has 21 heavy (non-hydrogen) atoms. The van der Waals surface area contributed by atoms with E-state index in [9.17, 15) is 9.18 Å². The zero-order chi connectivity index (χ0) is 16.2. The molecule has 0 aliphatic heterocycles. The Hall–Kier alpha value is -1.42. The van der Waals surface area contributed by atoms with E-state index in [-0.39, 0.29) is 23.2 Å². The first-order valence-electron chi connectivity index (χ1n) is 7.36. The van der Waals surface area contributed by atoms with Gasteiger partial charge in [-0.15, -0.1) is 0 Å². The second kappa shape index (κ2) is 7.03. The third-order valence-electron chi connectivity index (χ3n) is 4.05. The number of carbonyl (C=O) groups is 1. The van der Waals surface area contributed by atoms with Crippen LogP contribution < -0.4 is 5.32 Å². The van der Waals surface area contributed by atoms with E-state index < -0.39 is 0 Å². The number of benzene rings is 1. The highest BCUT2D eigenvalue weighted by atomic mass is 19.1.